The highest BCUT2D eigenvalue weighted by molar-refractivity contribution is 9.11. The van der Waals surface area contributed by atoms with E-state index in [9.17, 15) is 19.2 Å². The van der Waals surface area contributed by atoms with Gasteiger partial charge in [0.25, 0.3) is 23.6 Å². The standard InChI is InChI=1S/C31H22Br2N2O4/c1-3-5-6-12(4-2)19-26-24-16(29(37)35-31(26)39)10-7-13-21-18(32)11-17-20-15(28(36)34-30(17)38)9-8-14(22(20)21)25(23(13)24)27(19)33/h7-12H,3-6H2,1-2H3,(H,34,36,38)(H,35,37,39). The third kappa shape index (κ3) is 3.13. The van der Waals surface area contributed by atoms with Gasteiger partial charge >= 0.3 is 0 Å². The highest BCUT2D eigenvalue weighted by Gasteiger charge is 2.36. The lowest BCUT2D eigenvalue weighted by Gasteiger charge is -2.29. The van der Waals surface area contributed by atoms with Gasteiger partial charge in [-0.1, -0.05) is 54.8 Å². The van der Waals surface area contributed by atoms with E-state index in [1.54, 1.807) is 18.2 Å². The lowest BCUT2D eigenvalue weighted by atomic mass is 9.78. The topological polar surface area (TPSA) is 92.3 Å². The average molecular weight is 646 g/mol. The minimum Gasteiger partial charge on any atom is -0.288 e. The van der Waals surface area contributed by atoms with E-state index in [1.807, 2.05) is 12.1 Å². The third-order valence-electron chi connectivity index (χ3n) is 8.43. The zero-order valence-corrected chi connectivity index (χ0v) is 24.4. The van der Waals surface area contributed by atoms with Gasteiger partial charge in [0.05, 0.1) is 5.56 Å². The Morgan fingerprint density at radius 3 is 1.95 bits per heavy atom. The van der Waals surface area contributed by atoms with Gasteiger partial charge in [0.2, 0.25) is 0 Å². The Morgan fingerprint density at radius 2 is 1.28 bits per heavy atom. The molecule has 6 nitrogen and oxygen atoms in total. The molecule has 0 aliphatic carbocycles. The number of halogens is 2. The first kappa shape index (κ1) is 24.7. The Morgan fingerprint density at radius 1 is 0.692 bits per heavy atom. The Bertz CT molecular complexity index is 2000. The summed E-state index contributed by atoms with van der Waals surface area (Å²) in [7, 11) is 0. The molecule has 0 saturated carbocycles. The van der Waals surface area contributed by atoms with Gasteiger partial charge in [-0.25, -0.2) is 0 Å². The zero-order chi connectivity index (χ0) is 27.3. The van der Waals surface area contributed by atoms with Crippen LogP contribution in [-0.2, 0) is 0 Å². The molecule has 5 aromatic rings. The highest BCUT2D eigenvalue weighted by atomic mass is 79.9. The normalized spacial score (nSPS) is 15.6. The molecule has 0 saturated heterocycles. The van der Waals surface area contributed by atoms with Gasteiger partial charge in [0, 0.05) is 58.0 Å². The van der Waals surface area contributed by atoms with Gasteiger partial charge in [-0.3, -0.25) is 29.8 Å². The summed E-state index contributed by atoms with van der Waals surface area (Å²) in [5, 5.41) is 11.4. The number of fused-ring (bicyclic) bond motifs is 2. The molecule has 2 N–H and O–H groups in total. The lowest BCUT2D eigenvalue weighted by Crippen LogP contribution is -2.36. The van der Waals surface area contributed by atoms with E-state index in [0.29, 0.717) is 37.5 Å². The number of unbranched alkanes of at least 4 members (excludes halogenated alkanes) is 1. The van der Waals surface area contributed by atoms with Crippen LogP contribution in [0.4, 0.5) is 0 Å². The number of imide groups is 2. The molecule has 0 fully saturated rings. The number of carbonyl (C=O) groups excluding carboxylic acids is 4. The Labute approximate surface area is 240 Å². The number of hydrogen-bond donors (Lipinski definition) is 2. The molecule has 39 heavy (non-hydrogen) atoms. The van der Waals surface area contributed by atoms with Crippen molar-refractivity contribution < 1.29 is 19.2 Å². The second-order valence-electron chi connectivity index (χ2n) is 10.4. The summed E-state index contributed by atoms with van der Waals surface area (Å²) in [5.41, 5.74) is 2.83. The summed E-state index contributed by atoms with van der Waals surface area (Å²) >= 11 is 7.66. The number of carbonyl (C=O) groups is 4. The van der Waals surface area contributed by atoms with Gasteiger partial charge in [-0.2, -0.15) is 0 Å². The van der Waals surface area contributed by atoms with E-state index in [0.717, 1.165) is 68.0 Å². The number of benzene rings is 5. The highest BCUT2D eigenvalue weighted by Crippen LogP contribution is 2.52. The first-order chi connectivity index (χ1) is 18.8. The summed E-state index contributed by atoms with van der Waals surface area (Å²) in [6.45, 7) is 4.28. The SMILES string of the molecule is CCCCC(CC)c1c2c3c(ccc4c5c(Br)cc6c7c(ccc(c(c1Br)c34)c75)C(=O)NC6=O)C(=O)NC2=O. The first-order valence-electron chi connectivity index (χ1n) is 13.1. The lowest BCUT2D eigenvalue weighted by molar-refractivity contribution is 0.0828. The van der Waals surface area contributed by atoms with Crippen LogP contribution in [0.3, 0.4) is 0 Å². The van der Waals surface area contributed by atoms with Crippen molar-refractivity contribution >= 4 is 98.6 Å². The van der Waals surface area contributed by atoms with Crippen molar-refractivity contribution in [3.63, 3.8) is 0 Å². The molecule has 0 bridgehead atoms. The van der Waals surface area contributed by atoms with Crippen LogP contribution in [0.5, 0.6) is 0 Å². The molecule has 2 aliphatic rings. The van der Waals surface area contributed by atoms with Crippen LogP contribution in [0, 0.1) is 0 Å². The van der Waals surface area contributed by atoms with Gasteiger partial charge in [-0.15, -0.1) is 0 Å². The minimum absolute atomic E-state index is 0.103. The molecule has 8 heteroatoms. The van der Waals surface area contributed by atoms with Crippen LogP contribution < -0.4 is 10.6 Å². The molecule has 7 rings (SSSR count). The average Bonchev–Trinajstić information content (AvgIpc) is 2.91. The first-order valence-corrected chi connectivity index (χ1v) is 14.7. The van der Waals surface area contributed by atoms with E-state index >= 15 is 0 Å². The van der Waals surface area contributed by atoms with Crippen LogP contribution in [0.2, 0.25) is 0 Å². The van der Waals surface area contributed by atoms with E-state index in [4.69, 9.17) is 0 Å². The summed E-state index contributed by atoms with van der Waals surface area (Å²) in [6, 6.07) is 9.13. The van der Waals surface area contributed by atoms with Crippen molar-refractivity contribution in [3.05, 3.63) is 67.1 Å². The number of hydrogen-bond acceptors (Lipinski definition) is 4. The second-order valence-corrected chi connectivity index (χ2v) is 12.0. The maximum atomic E-state index is 13.5. The van der Waals surface area contributed by atoms with Crippen LogP contribution >= 0.6 is 31.9 Å². The molecule has 194 valence electrons. The molecular formula is C31H22Br2N2O4. The van der Waals surface area contributed by atoms with E-state index in [1.165, 1.54) is 0 Å². The maximum Gasteiger partial charge on any atom is 0.259 e. The van der Waals surface area contributed by atoms with Crippen LogP contribution in [0.15, 0.2) is 39.3 Å². The molecule has 2 aliphatic heterocycles. The smallest absolute Gasteiger partial charge is 0.259 e. The number of rotatable bonds is 5. The number of amides is 4. The molecule has 0 radical (unpaired) electrons. The van der Waals surface area contributed by atoms with Crippen molar-refractivity contribution in [2.45, 2.75) is 45.4 Å². The zero-order valence-electron chi connectivity index (χ0n) is 21.2. The Kier molecular flexibility index (Phi) is 5.42. The largest absolute Gasteiger partial charge is 0.288 e. The second kappa shape index (κ2) is 8.57. The van der Waals surface area contributed by atoms with Crippen molar-refractivity contribution in [1.82, 2.24) is 10.6 Å². The van der Waals surface area contributed by atoms with Gasteiger partial charge < -0.3 is 0 Å². The molecule has 2 heterocycles. The summed E-state index contributed by atoms with van der Waals surface area (Å²) in [4.78, 5) is 52.4. The minimum atomic E-state index is -0.430. The van der Waals surface area contributed by atoms with E-state index in [2.05, 4.69) is 56.3 Å². The van der Waals surface area contributed by atoms with E-state index < -0.39 is 17.7 Å². The molecule has 4 amide bonds. The van der Waals surface area contributed by atoms with Gasteiger partial charge in [-0.05, 0) is 69.2 Å². The summed E-state index contributed by atoms with van der Waals surface area (Å²) in [6.07, 6.45) is 3.80. The summed E-state index contributed by atoms with van der Waals surface area (Å²) < 4.78 is 1.53. The molecular weight excluding hydrogens is 624 g/mol. The molecule has 0 aromatic heterocycles. The van der Waals surface area contributed by atoms with Crippen molar-refractivity contribution in [2.75, 3.05) is 0 Å². The monoisotopic (exact) mass is 644 g/mol. The van der Waals surface area contributed by atoms with Gasteiger partial charge in [0.1, 0.15) is 0 Å². The molecule has 0 spiro atoms. The fourth-order valence-corrected chi connectivity index (χ4v) is 8.30. The van der Waals surface area contributed by atoms with Crippen molar-refractivity contribution in [1.29, 1.82) is 0 Å². The molecule has 1 unspecified atom stereocenters. The van der Waals surface area contributed by atoms with Gasteiger partial charge in [0.15, 0.2) is 0 Å². The third-order valence-corrected chi connectivity index (χ3v) is 9.88. The predicted molar refractivity (Wildman–Crippen MR) is 159 cm³/mol. The number of nitrogens with one attached hydrogen (secondary N) is 2. The summed E-state index contributed by atoms with van der Waals surface area (Å²) in [5.74, 6) is -1.53. The quantitative estimate of drug-likeness (QED) is 0.116. The molecule has 1 atom stereocenters. The van der Waals surface area contributed by atoms with Crippen LogP contribution in [0.1, 0.15) is 92.4 Å². The van der Waals surface area contributed by atoms with E-state index in [-0.39, 0.29) is 11.8 Å². The predicted octanol–water partition coefficient (Wildman–Crippen LogP) is 7.71. The fourth-order valence-electron chi connectivity index (χ4n) is 6.73. The fraction of sp³-hybridized carbons (Fsp3) is 0.226. The van der Waals surface area contributed by atoms with Crippen LogP contribution in [0.25, 0.3) is 43.1 Å². The molecule has 5 aromatic carbocycles. The Balaban J connectivity index is 1.79. The van der Waals surface area contributed by atoms with Crippen LogP contribution in [-0.4, -0.2) is 23.6 Å². The van der Waals surface area contributed by atoms with Crippen molar-refractivity contribution in [2.24, 2.45) is 0 Å². The van der Waals surface area contributed by atoms with Crippen molar-refractivity contribution in [3.8, 4) is 0 Å². The maximum absolute atomic E-state index is 13.5. The Hall–Kier alpha value is -3.36.